The summed E-state index contributed by atoms with van der Waals surface area (Å²) in [5.74, 6) is 0. The van der Waals surface area contributed by atoms with Gasteiger partial charge in [0.05, 0.1) is 11.6 Å². The molecule has 0 radical (unpaired) electrons. The maximum absolute atomic E-state index is 11.8. The Hall–Kier alpha value is -2.06. The number of hydrogen-bond donors (Lipinski definition) is 2. The third kappa shape index (κ3) is 5.91. The van der Waals surface area contributed by atoms with Gasteiger partial charge in [-0.15, -0.1) is 0 Å². The lowest BCUT2D eigenvalue weighted by molar-refractivity contribution is 0.0505. The lowest BCUT2D eigenvalue weighted by Gasteiger charge is -2.21. The Morgan fingerprint density at radius 2 is 1.91 bits per heavy atom. The number of hydrogen-bond acceptors (Lipinski definition) is 4. The number of ether oxygens (including phenoxy) is 1. The van der Waals surface area contributed by atoms with Gasteiger partial charge in [-0.3, -0.25) is 0 Å². The van der Waals surface area contributed by atoms with Crippen molar-refractivity contribution in [3.8, 4) is 6.07 Å². The van der Waals surface area contributed by atoms with Crippen LogP contribution >= 0.6 is 0 Å². The molecule has 0 heterocycles. The maximum atomic E-state index is 11.8. The number of benzene rings is 1. The molecule has 124 valence electrons. The summed E-state index contributed by atoms with van der Waals surface area (Å²) >= 11 is 0. The van der Waals surface area contributed by atoms with Crippen LogP contribution < -0.4 is 10.6 Å². The van der Waals surface area contributed by atoms with E-state index in [0.29, 0.717) is 11.6 Å². The summed E-state index contributed by atoms with van der Waals surface area (Å²) < 4.78 is 5.29. The highest BCUT2D eigenvalue weighted by molar-refractivity contribution is 5.68. The van der Waals surface area contributed by atoms with E-state index >= 15 is 0 Å². The molecule has 2 N–H and O–H groups in total. The maximum Gasteiger partial charge on any atom is 0.407 e. The molecule has 0 aliphatic heterocycles. The predicted molar refractivity (Wildman–Crippen MR) is 88.8 cm³/mol. The molecular weight excluding hydrogens is 290 g/mol. The molecule has 1 aliphatic carbocycles. The molecule has 1 saturated carbocycles. The van der Waals surface area contributed by atoms with Crippen molar-refractivity contribution in [3.05, 3.63) is 35.4 Å². The first-order valence-corrected chi connectivity index (χ1v) is 8.07. The lowest BCUT2D eigenvalue weighted by atomic mass is 10.1. The Kier molecular flexibility index (Phi) is 5.62. The lowest BCUT2D eigenvalue weighted by Crippen LogP contribution is -2.38. The monoisotopic (exact) mass is 315 g/mol. The molecule has 0 saturated heterocycles. The van der Waals surface area contributed by atoms with E-state index in [1.54, 1.807) is 0 Å². The fraction of sp³-hybridized carbons (Fsp3) is 0.556. The number of alkyl carbamates (subject to hydrolysis) is 1. The van der Waals surface area contributed by atoms with E-state index in [1.165, 1.54) is 0 Å². The molecule has 1 aromatic rings. The number of carbonyl (C=O) groups is 1. The van der Waals surface area contributed by atoms with Crippen molar-refractivity contribution < 1.29 is 9.53 Å². The molecule has 1 fully saturated rings. The number of nitrogens with zero attached hydrogens (tertiary/aromatic N) is 1. The topological polar surface area (TPSA) is 74.2 Å². The smallest absolute Gasteiger partial charge is 0.407 e. The highest BCUT2D eigenvalue weighted by Crippen LogP contribution is 2.20. The summed E-state index contributed by atoms with van der Waals surface area (Å²) in [4.78, 5) is 11.8. The van der Waals surface area contributed by atoms with Crippen molar-refractivity contribution in [3.63, 3.8) is 0 Å². The minimum atomic E-state index is -0.462. The Labute approximate surface area is 138 Å². The van der Waals surface area contributed by atoms with Gasteiger partial charge in [0.15, 0.2) is 0 Å². The van der Waals surface area contributed by atoms with Gasteiger partial charge in [0.1, 0.15) is 5.60 Å². The van der Waals surface area contributed by atoms with Gasteiger partial charge < -0.3 is 15.4 Å². The van der Waals surface area contributed by atoms with Crippen LogP contribution in [0.5, 0.6) is 0 Å². The molecule has 5 heteroatoms. The molecule has 2 atom stereocenters. The standard InChI is InChI=1S/C18H25N3O2/c1-18(2,3)23-17(22)21-16-9-8-15(10-16)20-12-14-6-4-13(11-19)5-7-14/h4-7,15-16,20H,8-10,12H2,1-3H3,(H,21,22). The Morgan fingerprint density at radius 3 is 2.52 bits per heavy atom. The minimum Gasteiger partial charge on any atom is -0.444 e. The van der Waals surface area contributed by atoms with Crippen LogP contribution in [0.2, 0.25) is 0 Å². The van der Waals surface area contributed by atoms with E-state index in [-0.39, 0.29) is 12.1 Å². The van der Waals surface area contributed by atoms with Crippen LogP contribution in [0.1, 0.15) is 51.2 Å². The Bertz CT molecular complexity index is 569. The molecule has 5 nitrogen and oxygen atoms in total. The van der Waals surface area contributed by atoms with Crippen LogP contribution in [0.3, 0.4) is 0 Å². The average molecular weight is 315 g/mol. The summed E-state index contributed by atoms with van der Waals surface area (Å²) in [6.45, 7) is 6.37. The molecule has 0 bridgehead atoms. The second-order valence-corrected chi connectivity index (χ2v) is 7.04. The van der Waals surface area contributed by atoms with Crippen molar-refractivity contribution in [1.82, 2.24) is 10.6 Å². The normalized spacial score (nSPS) is 20.8. The van der Waals surface area contributed by atoms with Gasteiger partial charge in [0.25, 0.3) is 0 Å². The number of rotatable bonds is 4. The summed E-state index contributed by atoms with van der Waals surface area (Å²) in [6, 6.07) is 10.3. The first-order valence-electron chi connectivity index (χ1n) is 8.07. The zero-order valence-electron chi connectivity index (χ0n) is 14.1. The number of carbonyl (C=O) groups excluding carboxylic acids is 1. The van der Waals surface area contributed by atoms with E-state index in [4.69, 9.17) is 10.00 Å². The van der Waals surface area contributed by atoms with E-state index in [9.17, 15) is 4.79 Å². The first kappa shape index (κ1) is 17.3. The quantitative estimate of drug-likeness (QED) is 0.895. The van der Waals surface area contributed by atoms with E-state index in [0.717, 1.165) is 31.4 Å². The molecule has 1 aromatic carbocycles. The van der Waals surface area contributed by atoms with Gasteiger partial charge in [-0.25, -0.2) is 4.79 Å². The summed E-state index contributed by atoms with van der Waals surface area (Å²) in [5, 5.41) is 15.2. The molecule has 0 spiro atoms. The van der Waals surface area contributed by atoms with Crippen LogP contribution in [0, 0.1) is 11.3 Å². The van der Waals surface area contributed by atoms with Gasteiger partial charge in [-0.2, -0.15) is 5.26 Å². The molecule has 23 heavy (non-hydrogen) atoms. The average Bonchev–Trinajstić information content (AvgIpc) is 2.91. The van der Waals surface area contributed by atoms with Gasteiger partial charge in [0.2, 0.25) is 0 Å². The van der Waals surface area contributed by atoms with Crippen LogP contribution in [0.25, 0.3) is 0 Å². The SMILES string of the molecule is CC(C)(C)OC(=O)NC1CCC(NCc2ccc(C#N)cc2)C1. The van der Waals surface area contributed by atoms with E-state index in [1.807, 2.05) is 45.0 Å². The minimum absolute atomic E-state index is 0.170. The molecule has 0 aromatic heterocycles. The van der Waals surface area contributed by atoms with Crippen LogP contribution in [0.15, 0.2) is 24.3 Å². The third-order valence-electron chi connectivity index (χ3n) is 3.83. The Morgan fingerprint density at radius 1 is 1.26 bits per heavy atom. The highest BCUT2D eigenvalue weighted by atomic mass is 16.6. The molecule has 2 rings (SSSR count). The largest absolute Gasteiger partial charge is 0.444 e. The number of nitrogens with one attached hydrogen (secondary N) is 2. The zero-order valence-corrected chi connectivity index (χ0v) is 14.1. The van der Waals surface area contributed by atoms with Gasteiger partial charge in [-0.05, 0) is 57.7 Å². The van der Waals surface area contributed by atoms with Crippen molar-refractivity contribution in [2.45, 2.75) is 64.3 Å². The highest BCUT2D eigenvalue weighted by Gasteiger charge is 2.27. The summed E-state index contributed by atoms with van der Waals surface area (Å²) in [5.41, 5.74) is 1.37. The fourth-order valence-electron chi connectivity index (χ4n) is 2.73. The van der Waals surface area contributed by atoms with Gasteiger partial charge in [0, 0.05) is 18.6 Å². The van der Waals surface area contributed by atoms with Crippen molar-refractivity contribution in [1.29, 1.82) is 5.26 Å². The molecular formula is C18H25N3O2. The zero-order chi connectivity index (χ0) is 16.9. The number of nitriles is 1. The fourth-order valence-corrected chi connectivity index (χ4v) is 2.73. The van der Waals surface area contributed by atoms with Crippen LogP contribution in [0.4, 0.5) is 4.79 Å². The van der Waals surface area contributed by atoms with Gasteiger partial charge >= 0.3 is 6.09 Å². The van der Waals surface area contributed by atoms with Crippen LogP contribution in [-0.4, -0.2) is 23.8 Å². The van der Waals surface area contributed by atoms with Gasteiger partial charge in [-0.1, -0.05) is 12.1 Å². The Balaban J connectivity index is 1.73. The van der Waals surface area contributed by atoms with Crippen LogP contribution in [-0.2, 0) is 11.3 Å². The van der Waals surface area contributed by atoms with Crippen molar-refractivity contribution >= 4 is 6.09 Å². The van der Waals surface area contributed by atoms with Crippen molar-refractivity contribution in [2.75, 3.05) is 0 Å². The van der Waals surface area contributed by atoms with E-state index in [2.05, 4.69) is 16.7 Å². The number of amides is 1. The van der Waals surface area contributed by atoms with E-state index < -0.39 is 5.60 Å². The molecule has 1 amide bonds. The summed E-state index contributed by atoms with van der Waals surface area (Å²) in [6.07, 6.45) is 2.58. The molecule has 1 aliphatic rings. The second-order valence-electron chi connectivity index (χ2n) is 7.04. The summed E-state index contributed by atoms with van der Waals surface area (Å²) in [7, 11) is 0. The second kappa shape index (κ2) is 7.47. The first-order chi connectivity index (χ1) is 10.9. The predicted octanol–water partition coefficient (Wildman–Crippen LogP) is 3.09. The third-order valence-corrected chi connectivity index (χ3v) is 3.83. The van der Waals surface area contributed by atoms with Crippen molar-refractivity contribution in [2.24, 2.45) is 0 Å². The molecule has 2 unspecified atom stereocenters.